The highest BCUT2D eigenvalue weighted by atomic mass is 16.6. The molecule has 0 aliphatic carbocycles. The summed E-state index contributed by atoms with van der Waals surface area (Å²) in [6, 6.07) is 12.0. The lowest BCUT2D eigenvalue weighted by molar-refractivity contribution is -0.124. The summed E-state index contributed by atoms with van der Waals surface area (Å²) in [5, 5.41) is 0. The van der Waals surface area contributed by atoms with E-state index in [1.54, 1.807) is 33.0 Å². The molecule has 0 atom stereocenters. The molecule has 0 saturated carbocycles. The number of rotatable bonds is 3. The van der Waals surface area contributed by atoms with Gasteiger partial charge in [-0.3, -0.25) is 14.5 Å². The number of amides is 3. The average molecular weight is 353 g/mol. The fraction of sp³-hybridized carbons (Fsp3) is 0.263. The second kappa shape index (κ2) is 6.59. The summed E-state index contributed by atoms with van der Waals surface area (Å²) in [6.07, 6.45) is 0.915. The number of para-hydroxylation sites is 1. The van der Waals surface area contributed by atoms with Gasteiger partial charge in [0.2, 0.25) is 17.7 Å². The normalized spacial score (nSPS) is 15.9. The molecule has 1 saturated heterocycles. The fourth-order valence-electron chi connectivity index (χ4n) is 2.69. The van der Waals surface area contributed by atoms with Crippen molar-refractivity contribution in [3.05, 3.63) is 48.7 Å². The van der Waals surface area contributed by atoms with Crippen molar-refractivity contribution in [3.8, 4) is 5.88 Å². The van der Waals surface area contributed by atoms with Gasteiger partial charge in [0, 0.05) is 25.2 Å². The molecule has 3 rings (SSSR count). The molecule has 2 aromatic rings. The van der Waals surface area contributed by atoms with E-state index in [1.165, 1.54) is 23.2 Å². The fourth-order valence-corrected chi connectivity index (χ4v) is 2.69. The Kier molecular flexibility index (Phi) is 4.46. The summed E-state index contributed by atoms with van der Waals surface area (Å²) in [7, 11) is 1.59. The molecule has 2 heterocycles. The Bertz CT molecular complexity index is 847. The van der Waals surface area contributed by atoms with E-state index in [4.69, 9.17) is 4.74 Å². The highest BCUT2D eigenvalue weighted by Crippen LogP contribution is 2.35. The third kappa shape index (κ3) is 3.28. The summed E-state index contributed by atoms with van der Waals surface area (Å²) in [5.74, 6) is -0.451. The average Bonchev–Trinajstić information content (AvgIpc) is 2.83. The second-order valence-electron chi connectivity index (χ2n) is 6.71. The first-order chi connectivity index (χ1) is 12.3. The maximum Gasteiger partial charge on any atom is 0.420 e. The molecule has 1 aromatic heterocycles. The Morgan fingerprint density at radius 3 is 2.38 bits per heavy atom. The van der Waals surface area contributed by atoms with Crippen LogP contribution in [-0.4, -0.2) is 29.9 Å². The first kappa shape index (κ1) is 17.6. The lowest BCUT2D eigenvalue weighted by Crippen LogP contribution is -2.33. The number of hydrogen-bond acceptors (Lipinski definition) is 5. The number of pyridine rings is 1. The van der Waals surface area contributed by atoms with Gasteiger partial charge in [-0.25, -0.2) is 14.7 Å². The van der Waals surface area contributed by atoms with E-state index in [-0.39, 0.29) is 24.1 Å². The van der Waals surface area contributed by atoms with Crippen LogP contribution in [0.25, 0.3) is 0 Å². The maximum absolute atomic E-state index is 12.3. The highest BCUT2D eigenvalue weighted by Gasteiger charge is 2.45. The number of nitrogens with zero attached hydrogens (tertiary/aromatic N) is 3. The number of carbonyl (C=O) groups excluding carboxylic acids is 3. The first-order valence-electron chi connectivity index (χ1n) is 8.13. The summed E-state index contributed by atoms with van der Waals surface area (Å²) >= 11 is 0. The maximum atomic E-state index is 12.3. The molecule has 7 heteroatoms. The first-order valence-corrected chi connectivity index (χ1v) is 8.13. The van der Waals surface area contributed by atoms with Gasteiger partial charge in [0.1, 0.15) is 0 Å². The van der Waals surface area contributed by atoms with Crippen LogP contribution in [0, 0.1) is 5.41 Å². The molecule has 3 amide bonds. The number of benzene rings is 1. The Balaban J connectivity index is 1.71. The smallest absolute Gasteiger partial charge is 0.391 e. The molecule has 1 fully saturated rings. The lowest BCUT2D eigenvalue weighted by Gasteiger charge is -2.18. The lowest BCUT2D eigenvalue weighted by atomic mass is 9.92. The SMILES string of the molecule is CN(C(=O)Oc1ccc(N2C(=O)CC(C)(C)C2=O)cn1)c1ccccc1. The van der Waals surface area contributed by atoms with Crippen molar-refractivity contribution in [1.29, 1.82) is 0 Å². The van der Waals surface area contributed by atoms with E-state index in [9.17, 15) is 14.4 Å². The van der Waals surface area contributed by atoms with E-state index < -0.39 is 11.5 Å². The summed E-state index contributed by atoms with van der Waals surface area (Å²) < 4.78 is 5.23. The van der Waals surface area contributed by atoms with Gasteiger partial charge in [-0.2, -0.15) is 0 Å². The van der Waals surface area contributed by atoms with Crippen LogP contribution in [0.4, 0.5) is 16.2 Å². The van der Waals surface area contributed by atoms with Gasteiger partial charge in [0.15, 0.2) is 0 Å². The molecule has 26 heavy (non-hydrogen) atoms. The van der Waals surface area contributed by atoms with E-state index in [2.05, 4.69) is 4.98 Å². The third-order valence-electron chi connectivity index (χ3n) is 4.21. The summed E-state index contributed by atoms with van der Waals surface area (Å²) in [6.45, 7) is 3.46. The van der Waals surface area contributed by atoms with Gasteiger partial charge in [0.25, 0.3) is 0 Å². The Morgan fingerprint density at radius 2 is 1.85 bits per heavy atom. The van der Waals surface area contributed by atoms with Gasteiger partial charge in [-0.15, -0.1) is 0 Å². The van der Waals surface area contributed by atoms with E-state index >= 15 is 0 Å². The van der Waals surface area contributed by atoms with Gasteiger partial charge < -0.3 is 4.74 Å². The van der Waals surface area contributed by atoms with Crippen molar-refractivity contribution in [2.75, 3.05) is 16.8 Å². The van der Waals surface area contributed by atoms with Crippen LogP contribution in [0.1, 0.15) is 20.3 Å². The summed E-state index contributed by atoms with van der Waals surface area (Å²) in [4.78, 5) is 43.1. The van der Waals surface area contributed by atoms with E-state index in [1.807, 2.05) is 18.2 Å². The number of imide groups is 1. The monoisotopic (exact) mass is 353 g/mol. The summed E-state index contributed by atoms with van der Waals surface area (Å²) in [5.41, 5.74) is 0.326. The zero-order chi connectivity index (χ0) is 18.9. The molecule has 1 aliphatic heterocycles. The van der Waals surface area contributed by atoms with Crippen LogP contribution in [0.15, 0.2) is 48.7 Å². The molecule has 1 aromatic carbocycles. The van der Waals surface area contributed by atoms with Crippen LogP contribution in [0.3, 0.4) is 0 Å². The van der Waals surface area contributed by atoms with Crippen molar-refractivity contribution in [3.63, 3.8) is 0 Å². The molecule has 0 bridgehead atoms. The molecule has 7 nitrogen and oxygen atoms in total. The van der Waals surface area contributed by atoms with Crippen LogP contribution < -0.4 is 14.5 Å². The molecular weight excluding hydrogens is 334 g/mol. The van der Waals surface area contributed by atoms with Crippen molar-refractivity contribution in [1.82, 2.24) is 4.98 Å². The molecule has 134 valence electrons. The molecule has 0 unspecified atom stereocenters. The number of anilines is 2. The van der Waals surface area contributed by atoms with Crippen LogP contribution in [0.5, 0.6) is 5.88 Å². The molecule has 0 radical (unpaired) electrons. The Hall–Kier alpha value is -3.22. The second-order valence-corrected chi connectivity index (χ2v) is 6.71. The minimum atomic E-state index is -0.722. The molecule has 0 spiro atoms. The number of aromatic nitrogens is 1. The van der Waals surface area contributed by atoms with Crippen molar-refractivity contribution in [2.45, 2.75) is 20.3 Å². The highest BCUT2D eigenvalue weighted by molar-refractivity contribution is 6.22. The van der Waals surface area contributed by atoms with Crippen LogP contribution in [0.2, 0.25) is 0 Å². The number of ether oxygens (including phenoxy) is 1. The molecule has 0 N–H and O–H groups in total. The largest absolute Gasteiger partial charge is 0.420 e. The van der Waals surface area contributed by atoms with Gasteiger partial charge >= 0.3 is 6.09 Å². The van der Waals surface area contributed by atoms with Crippen LogP contribution >= 0.6 is 0 Å². The van der Waals surface area contributed by atoms with Crippen molar-refractivity contribution >= 4 is 29.3 Å². The zero-order valence-electron chi connectivity index (χ0n) is 14.8. The number of carbonyl (C=O) groups is 3. The zero-order valence-corrected chi connectivity index (χ0v) is 14.8. The number of hydrogen-bond donors (Lipinski definition) is 0. The molecular formula is C19H19N3O4. The Morgan fingerprint density at radius 1 is 1.15 bits per heavy atom. The predicted octanol–water partition coefficient (Wildman–Crippen LogP) is 3.01. The Labute approximate surface area is 151 Å². The third-order valence-corrected chi connectivity index (χ3v) is 4.21. The predicted molar refractivity (Wildman–Crippen MR) is 96.0 cm³/mol. The van der Waals surface area contributed by atoms with Gasteiger partial charge in [0.05, 0.1) is 17.3 Å². The minimum absolute atomic E-state index is 0.0832. The topological polar surface area (TPSA) is 79.8 Å². The quantitative estimate of drug-likeness (QED) is 0.793. The standard InChI is InChI=1S/C19H19N3O4/c1-19(2)11-16(23)22(17(19)24)14-9-10-15(20-12-14)26-18(25)21(3)13-7-5-4-6-8-13/h4-10,12H,11H2,1-3H3. The van der Waals surface area contributed by atoms with E-state index in [0.717, 1.165) is 4.90 Å². The van der Waals surface area contributed by atoms with Crippen molar-refractivity contribution in [2.24, 2.45) is 5.41 Å². The van der Waals surface area contributed by atoms with Crippen LogP contribution in [-0.2, 0) is 9.59 Å². The van der Waals surface area contributed by atoms with Gasteiger partial charge in [-0.1, -0.05) is 32.0 Å². The van der Waals surface area contributed by atoms with E-state index in [0.29, 0.717) is 11.4 Å². The molecule has 1 aliphatic rings. The minimum Gasteiger partial charge on any atom is -0.391 e. The van der Waals surface area contributed by atoms with Crippen molar-refractivity contribution < 1.29 is 19.1 Å². The van der Waals surface area contributed by atoms with Gasteiger partial charge in [-0.05, 0) is 18.2 Å².